The molecule has 142 valence electrons. The van der Waals surface area contributed by atoms with Crippen LogP contribution in [-0.2, 0) is 11.2 Å². The van der Waals surface area contributed by atoms with Crippen molar-refractivity contribution in [2.24, 2.45) is 0 Å². The van der Waals surface area contributed by atoms with E-state index in [0.29, 0.717) is 6.54 Å². The Bertz CT molecular complexity index is 783. The van der Waals surface area contributed by atoms with E-state index in [1.807, 2.05) is 6.07 Å². The molecule has 1 heterocycles. The molecule has 0 bridgehead atoms. The number of aryl methyl sites for hydroxylation is 1. The molecule has 2 aromatic rings. The van der Waals surface area contributed by atoms with E-state index < -0.39 is 0 Å². The predicted molar refractivity (Wildman–Crippen MR) is 111 cm³/mol. The minimum Gasteiger partial charge on any atom is -0.374 e. The van der Waals surface area contributed by atoms with Gasteiger partial charge in [-0.15, -0.1) is 0 Å². The normalized spacial score (nSPS) is 19.3. The molecule has 2 aliphatic rings. The number of hydrogen-bond acceptors (Lipinski definition) is 3. The Morgan fingerprint density at radius 1 is 0.963 bits per heavy atom. The molecule has 0 spiro atoms. The quantitative estimate of drug-likeness (QED) is 0.833. The lowest BCUT2D eigenvalue weighted by Gasteiger charge is -2.31. The van der Waals surface area contributed by atoms with Crippen molar-refractivity contribution in [2.75, 3.05) is 29.9 Å². The molecule has 1 amide bonds. The fraction of sp³-hybridized carbons (Fsp3) is 0.435. The van der Waals surface area contributed by atoms with Crippen LogP contribution in [0.5, 0.6) is 0 Å². The molecule has 0 aromatic heterocycles. The van der Waals surface area contributed by atoms with Gasteiger partial charge in [-0.3, -0.25) is 4.79 Å². The number of fused-ring (bicyclic) bond motifs is 1. The number of carbonyl (C=O) groups is 1. The largest absolute Gasteiger partial charge is 0.374 e. The minimum absolute atomic E-state index is 0.0603. The Kier molecular flexibility index (Phi) is 5.61. The van der Waals surface area contributed by atoms with E-state index >= 15 is 0 Å². The Morgan fingerprint density at radius 3 is 2.63 bits per heavy atom. The van der Waals surface area contributed by atoms with E-state index in [2.05, 4.69) is 58.0 Å². The van der Waals surface area contributed by atoms with Crippen molar-refractivity contribution in [1.82, 2.24) is 5.32 Å². The van der Waals surface area contributed by atoms with Gasteiger partial charge in [0.15, 0.2) is 0 Å². The monoisotopic (exact) mass is 363 g/mol. The summed E-state index contributed by atoms with van der Waals surface area (Å²) in [6.45, 7) is 2.51. The van der Waals surface area contributed by atoms with Gasteiger partial charge in [-0.05, 0) is 61.8 Å². The summed E-state index contributed by atoms with van der Waals surface area (Å²) in [6.07, 6.45) is 7.08. The summed E-state index contributed by atoms with van der Waals surface area (Å²) >= 11 is 0. The zero-order chi connectivity index (χ0) is 18.5. The third kappa shape index (κ3) is 4.26. The molecule has 4 nitrogen and oxygen atoms in total. The molecule has 1 fully saturated rings. The molecule has 1 atom stereocenters. The molecule has 0 saturated carbocycles. The Balaban J connectivity index is 1.38. The second-order valence-electron chi connectivity index (χ2n) is 7.63. The van der Waals surface area contributed by atoms with Gasteiger partial charge in [0.25, 0.3) is 0 Å². The van der Waals surface area contributed by atoms with Gasteiger partial charge in [-0.2, -0.15) is 0 Å². The van der Waals surface area contributed by atoms with E-state index in [0.717, 1.165) is 38.0 Å². The van der Waals surface area contributed by atoms with Crippen molar-refractivity contribution in [3.8, 4) is 0 Å². The number of amides is 1. The van der Waals surface area contributed by atoms with E-state index in [9.17, 15) is 4.79 Å². The Morgan fingerprint density at radius 2 is 1.74 bits per heavy atom. The number of rotatable bonds is 5. The van der Waals surface area contributed by atoms with Crippen LogP contribution in [0, 0.1) is 0 Å². The highest BCUT2D eigenvalue weighted by Crippen LogP contribution is 2.30. The molecule has 4 heteroatoms. The lowest BCUT2D eigenvalue weighted by Crippen LogP contribution is -2.35. The molecule has 2 N–H and O–H groups in total. The summed E-state index contributed by atoms with van der Waals surface area (Å²) in [5.41, 5.74) is 4.93. The maximum atomic E-state index is 12.6. The zero-order valence-corrected chi connectivity index (χ0v) is 15.9. The summed E-state index contributed by atoms with van der Waals surface area (Å²) in [4.78, 5) is 15.0. The van der Waals surface area contributed by atoms with Crippen LogP contribution in [0.25, 0.3) is 0 Å². The number of carbonyl (C=O) groups excluding carboxylic acids is 1. The lowest BCUT2D eigenvalue weighted by atomic mass is 9.88. The van der Waals surface area contributed by atoms with Gasteiger partial charge in [0.1, 0.15) is 0 Å². The highest BCUT2D eigenvalue weighted by atomic mass is 16.2. The number of anilines is 2. The van der Waals surface area contributed by atoms with Crippen molar-refractivity contribution >= 4 is 17.3 Å². The molecule has 0 radical (unpaired) electrons. The second-order valence-corrected chi connectivity index (χ2v) is 7.63. The summed E-state index contributed by atoms with van der Waals surface area (Å²) in [6, 6.07) is 17.0. The number of nitrogens with one attached hydrogen (secondary N) is 2. The molecule has 1 aliphatic heterocycles. The number of hydrogen-bond donors (Lipinski definition) is 2. The molecule has 0 unspecified atom stereocenters. The van der Waals surface area contributed by atoms with Crippen LogP contribution in [0.4, 0.5) is 11.4 Å². The lowest BCUT2D eigenvalue weighted by molar-refractivity contribution is -0.120. The first-order valence-electron chi connectivity index (χ1n) is 10.3. The van der Waals surface area contributed by atoms with E-state index in [1.54, 1.807) is 0 Å². The molecular weight excluding hydrogens is 334 g/mol. The van der Waals surface area contributed by atoms with Gasteiger partial charge in [0.05, 0.1) is 24.0 Å². The first kappa shape index (κ1) is 17.9. The summed E-state index contributed by atoms with van der Waals surface area (Å²) in [5.74, 6) is 0.0603. The van der Waals surface area contributed by atoms with Gasteiger partial charge in [0.2, 0.25) is 5.91 Å². The van der Waals surface area contributed by atoms with E-state index in [4.69, 9.17) is 0 Å². The highest BCUT2D eigenvalue weighted by molar-refractivity contribution is 5.83. The highest BCUT2D eigenvalue weighted by Gasteiger charge is 2.21. The topological polar surface area (TPSA) is 44.4 Å². The standard InChI is InChI=1S/C23H29N3O/c27-23(25-20-13-8-10-18-9-2-3-11-19(18)20)17-24-21-12-4-5-14-22(21)26-15-6-1-7-16-26/h2-5,9,11-12,14,20,24H,1,6-8,10,13,15-17H2,(H,25,27)/t20-/m1/s1. The number of piperidine rings is 1. The van der Waals surface area contributed by atoms with Gasteiger partial charge in [0, 0.05) is 13.1 Å². The van der Waals surface area contributed by atoms with Crippen LogP contribution in [-0.4, -0.2) is 25.5 Å². The SMILES string of the molecule is O=C(CNc1ccccc1N1CCCCC1)N[C@@H]1CCCc2ccccc21. The van der Waals surface area contributed by atoms with Crippen molar-refractivity contribution in [1.29, 1.82) is 0 Å². The van der Waals surface area contributed by atoms with Crippen molar-refractivity contribution in [3.05, 3.63) is 59.7 Å². The van der Waals surface area contributed by atoms with Gasteiger partial charge in [-0.25, -0.2) is 0 Å². The fourth-order valence-electron chi connectivity index (χ4n) is 4.36. The number of benzene rings is 2. The Labute approximate surface area is 162 Å². The first-order chi connectivity index (χ1) is 13.3. The van der Waals surface area contributed by atoms with Crippen LogP contribution < -0.4 is 15.5 Å². The second kappa shape index (κ2) is 8.47. The van der Waals surface area contributed by atoms with Crippen LogP contribution in [0.1, 0.15) is 49.3 Å². The summed E-state index contributed by atoms with van der Waals surface area (Å²) in [7, 11) is 0. The number of para-hydroxylation sites is 2. The average molecular weight is 364 g/mol. The molecule has 27 heavy (non-hydrogen) atoms. The molecule has 2 aromatic carbocycles. The van der Waals surface area contributed by atoms with Gasteiger partial charge >= 0.3 is 0 Å². The van der Waals surface area contributed by atoms with Crippen molar-refractivity contribution < 1.29 is 4.79 Å². The number of nitrogens with zero attached hydrogens (tertiary/aromatic N) is 1. The van der Waals surface area contributed by atoms with Crippen molar-refractivity contribution in [2.45, 2.75) is 44.6 Å². The molecule has 1 aliphatic carbocycles. The minimum atomic E-state index is 0.0603. The van der Waals surface area contributed by atoms with E-state index in [1.165, 1.54) is 36.1 Å². The third-order valence-electron chi connectivity index (χ3n) is 5.74. The third-order valence-corrected chi connectivity index (χ3v) is 5.74. The maximum absolute atomic E-state index is 12.6. The van der Waals surface area contributed by atoms with Gasteiger partial charge < -0.3 is 15.5 Å². The van der Waals surface area contributed by atoms with Gasteiger partial charge in [-0.1, -0.05) is 36.4 Å². The average Bonchev–Trinajstić information content (AvgIpc) is 2.73. The predicted octanol–water partition coefficient (Wildman–Crippen LogP) is 4.28. The van der Waals surface area contributed by atoms with Crippen molar-refractivity contribution in [3.63, 3.8) is 0 Å². The molecule has 1 saturated heterocycles. The molecule has 4 rings (SSSR count). The first-order valence-corrected chi connectivity index (χ1v) is 10.3. The van der Waals surface area contributed by atoms with E-state index in [-0.39, 0.29) is 11.9 Å². The smallest absolute Gasteiger partial charge is 0.239 e. The molecular formula is C23H29N3O. The zero-order valence-electron chi connectivity index (χ0n) is 15.9. The Hall–Kier alpha value is -2.49. The fourth-order valence-corrected chi connectivity index (χ4v) is 4.36. The summed E-state index contributed by atoms with van der Waals surface area (Å²) in [5, 5.41) is 6.60. The van der Waals surface area contributed by atoms with Crippen LogP contribution in [0.3, 0.4) is 0 Å². The summed E-state index contributed by atoms with van der Waals surface area (Å²) < 4.78 is 0. The van der Waals surface area contributed by atoms with Crippen LogP contribution >= 0.6 is 0 Å². The maximum Gasteiger partial charge on any atom is 0.239 e. The van der Waals surface area contributed by atoms with Crippen LogP contribution in [0.15, 0.2) is 48.5 Å². The van der Waals surface area contributed by atoms with Crippen LogP contribution in [0.2, 0.25) is 0 Å².